The molecule has 1 atom stereocenters. The summed E-state index contributed by atoms with van der Waals surface area (Å²) < 4.78 is 11.6. The molecule has 0 aliphatic carbocycles. The van der Waals surface area contributed by atoms with Crippen molar-refractivity contribution in [3.63, 3.8) is 0 Å². The SMILES string of the molecule is O=C(C[NH+]1CCN(c2ccccc2)CC1)N1CCC[C@H]1c1ccc2c(c1)OCCCO2. The molecule has 6 heteroatoms. The summed E-state index contributed by atoms with van der Waals surface area (Å²) in [6, 6.07) is 16.9. The second-order valence-corrected chi connectivity index (χ2v) is 8.75. The third-order valence-electron chi connectivity index (χ3n) is 6.72. The van der Waals surface area contributed by atoms with Crippen LogP contribution in [0.3, 0.4) is 0 Å². The van der Waals surface area contributed by atoms with Crippen LogP contribution < -0.4 is 19.3 Å². The molecule has 0 bridgehead atoms. The van der Waals surface area contributed by atoms with Crippen LogP contribution in [0.1, 0.15) is 30.9 Å². The van der Waals surface area contributed by atoms with Crippen LogP contribution in [0.15, 0.2) is 48.5 Å². The van der Waals surface area contributed by atoms with Gasteiger partial charge in [-0.1, -0.05) is 24.3 Å². The number of nitrogens with zero attached hydrogens (tertiary/aromatic N) is 2. The molecule has 0 aromatic heterocycles. The lowest BCUT2D eigenvalue weighted by molar-refractivity contribution is -0.892. The van der Waals surface area contributed by atoms with Crippen LogP contribution in [0, 0.1) is 0 Å². The molecular weight excluding hydrogens is 390 g/mol. The smallest absolute Gasteiger partial charge is 0.278 e. The highest BCUT2D eigenvalue weighted by molar-refractivity contribution is 5.78. The van der Waals surface area contributed by atoms with Crippen molar-refractivity contribution in [1.29, 1.82) is 0 Å². The van der Waals surface area contributed by atoms with E-state index in [9.17, 15) is 4.79 Å². The molecule has 2 saturated heterocycles. The van der Waals surface area contributed by atoms with Crippen molar-refractivity contribution >= 4 is 11.6 Å². The van der Waals surface area contributed by atoms with Gasteiger partial charge in [0.25, 0.3) is 5.91 Å². The molecule has 3 heterocycles. The molecule has 1 N–H and O–H groups in total. The first-order valence-corrected chi connectivity index (χ1v) is 11.6. The zero-order chi connectivity index (χ0) is 21.0. The van der Waals surface area contributed by atoms with Gasteiger partial charge in [-0.25, -0.2) is 0 Å². The molecule has 6 nitrogen and oxygen atoms in total. The average molecular weight is 423 g/mol. The summed E-state index contributed by atoms with van der Waals surface area (Å²) in [6.07, 6.45) is 2.98. The molecule has 2 aromatic rings. The van der Waals surface area contributed by atoms with Crippen molar-refractivity contribution in [3.8, 4) is 11.5 Å². The normalized spacial score (nSPS) is 21.7. The number of carbonyl (C=O) groups excluding carboxylic acids is 1. The summed E-state index contributed by atoms with van der Waals surface area (Å²) in [5.74, 6) is 1.91. The van der Waals surface area contributed by atoms with Crippen molar-refractivity contribution < 1.29 is 19.2 Å². The highest BCUT2D eigenvalue weighted by Gasteiger charge is 2.33. The van der Waals surface area contributed by atoms with Crippen LogP contribution in [0.5, 0.6) is 11.5 Å². The van der Waals surface area contributed by atoms with E-state index in [1.165, 1.54) is 16.2 Å². The first-order valence-electron chi connectivity index (χ1n) is 11.6. The fraction of sp³-hybridized carbons (Fsp3) is 0.480. The first kappa shape index (κ1) is 20.2. The largest absolute Gasteiger partial charge is 0.490 e. The third kappa shape index (κ3) is 4.49. The first-order chi connectivity index (χ1) is 15.3. The topological polar surface area (TPSA) is 46.5 Å². The molecule has 0 unspecified atom stereocenters. The van der Waals surface area contributed by atoms with Crippen molar-refractivity contribution in [2.24, 2.45) is 0 Å². The number of hydrogen-bond donors (Lipinski definition) is 1. The number of para-hydroxylation sites is 1. The van der Waals surface area contributed by atoms with Gasteiger partial charge in [0.15, 0.2) is 18.0 Å². The van der Waals surface area contributed by atoms with E-state index in [-0.39, 0.29) is 11.9 Å². The van der Waals surface area contributed by atoms with E-state index < -0.39 is 0 Å². The Kier molecular flexibility index (Phi) is 5.98. The number of piperazine rings is 1. The minimum atomic E-state index is 0.148. The Morgan fingerprint density at radius 2 is 1.71 bits per heavy atom. The van der Waals surface area contributed by atoms with Gasteiger partial charge < -0.3 is 24.2 Å². The summed E-state index contributed by atoms with van der Waals surface area (Å²) in [4.78, 5) is 19.1. The number of fused-ring (bicyclic) bond motifs is 1. The van der Waals surface area contributed by atoms with Gasteiger partial charge in [-0.3, -0.25) is 4.79 Å². The molecule has 0 spiro atoms. The molecule has 3 aliphatic rings. The van der Waals surface area contributed by atoms with Gasteiger partial charge >= 0.3 is 0 Å². The van der Waals surface area contributed by atoms with Crippen LogP contribution in [0.4, 0.5) is 5.69 Å². The summed E-state index contributed by atoms with van der Waals surface area (Å²) in [6.45, 7) is 6.82. The zero-order valence-corrected chi connectivity index (χ0v) is 18.1. The van der Waals surface area contributed by atoms with Gasteiger partial charge in [0.1, 0.15) is 0 Å². The monoisotopic (exact) mass is 422 g/mol. The fourth-order valence-electron chi connectivity index (χ4n) is 5.01. The standard InChI is InChI=1S/C25H31N3O3/c29-25(19-26-12-14-27(15-13-26)21-6-2-1-3-7-21)28-11-4-8-22(28)20-9-10-23-24(18-20)31-17-5-16-30-23/h1-3,6-7,9-10,18,22H,4-5,8,11-17,19H2/p+1/t22-/m0/s1. The van der Waals surface area contributed by atoms with Crippen molar-refractivity contribution in [2.45, 2.75) is 25.3 Å². The minimum Gasteiger partial charge on any atom is -0.490 e. The number of ether oxygens (including phenoxy) is 2. The summed E-state index contributed by atoms with van der Waals surface area (Å²) in [7, 11) is 0. The highest BCUT2D eigenvalue weighted by atomic mass is 16.5. The molecule has 31 heavy (non-hydrogen) atoms. The van der Waals surface area contributed by atoms with Gasteiger partial charge in [0.2, 0.25) is 0 Å². The Morgan fingerprint density at radius 1 is 0.935 bits per heavy atom. The van der Waals surface area contributed by atoms with E-state index in [4.69, 9.17) is 9.47 Å². The molecule has 3 aliphatic heterocycles. The number of quaternary nitrogens is 1. The predicted octanol–water partition coefficient (Wildman–Crippen LogP) is 1.92. The van der Waals surface area contributed by atoms with E-state index in [2.05, 4.69) is 52.3 Å². The number of benzene rings is 2. The molecule has 2 aromatic carbocycles. The Balaban J connectivity index is 1.20. The van der Waals surface area contributed by atoms with E-state index in [0.717, 1.165) is 63.5 Å². The third-order valence-corrected chi connectivity index (χ3v) is 6.72. The lowest BCUT2D eigenvalue weighted by atomic mass is 10.0. The Hall–Kier alpha value is -2.73. The number of carbonyl (C=O) groups is 1. The van der Waals surface area contributed by atoms with Gasteiger partial charge in [-0.05, 0) is 42.7 Å². The van der Waals surface area contributed by atoms with Crippen LogP contribution in [-0.2, 0) is 4.79 Å². The van der Waals surface area contributed by atoms with Gasteiger partial charge in [-0.15, -0.1) is 0 Å². The second kappa shape index (κ2) is 9.18. The summed E-state index contributed by atoms with van der Waals surface area (Å²) >= 11 is 0. The number of rotatable bonds is 4. The van der Waals surface area contributed by atoms with Gasteiger partial charge in [-0.2, -0.15) is 0 Å². The predicted molar refractivity (Wildman–Crippen MR) is 120 cm³/mol. The Morgan fingerprint density at radius 3 is 2.52 bits per heavy atom. The van der Waals surface area contributed by atoms with Crippen molar-refractivity contribution in [2.75, 3.05) is 57.4 Å². The quantitative estimate of drug-likeness (QED) is 0.818. The van der Waals surface area contributed by atoms with Gasteiger partial charge in [0, 0.05) is 18.7 Å². The molecule has 5 rings (SSSR count). The maximum atomic E-state index is 13.2. The highest BCUT2D eigenvalue weighted by Crippen LogP contribution is 2.37. The van der Waals surface area contributed by atoms with E-state index >= 15 is 0 Å². The molecule has 1 amide bonds. The van der Waals surface area contributed by atoms with E-state index in [1.54, 1.807) is 0 Å². The molecule has 0 saturated carbocycles. The van der Waals surface area contributed by atoms with Crippen LogP contribution >= 0.6 is 0 Å². The number of likely N-dealkylation sites (tertiary alicyclic amines) is 1. The number of amides is 1. The minimum absolute atomic E-state index is 0.148. The molecular formula is C25H32N3O3+. The molecule has 2 fully saturated rings. The second-order valence-electron chi connectivity index (χ2n) is 8.75. The maximum Gasteiger partial charge on any atom is 0.278 e. The number of nitrogens with one attached hydrogen (secondary N) is 1. The average Bonchev–Trinajstić information content (AvgIpc) is 3.19. The Bertz CT molecular complexity index is 896. The van der Waals surface area contributed by atoms with Crippen LogP contribution in [-0.4, -0.2) is 63.3 Å². The Labute approximate surface area is 184 Å². The van der Waals surface area contributed by atoms with E-state index in [1.807, 2.05) is 6.07 Å². The fourth-order valence-corrected chi connectivity index (χ4v) is 5.01. The summed E-state index contributed by atoms with van der Waals surface area (Å²) in [5.41, 5.74) is 2.45. The number of hydrogen-bond acceptors (Lipinski definition) is 4. The lowest BCUT2D eigenvalue weighted by Crippen LogP contribution is -3.15. The van der Waals surface area contributed by atoms with Crippen LogP contribution in [0.2, 0.25) is 0 Å². The van der Waals surface area contributed by atoms with Gasteiger partial charge in [0.05, 0.1) is 45.4 Å². The van der Waals surface area contributed by atoms with Crippen LogP contribution in [0.25, 0.3) is 0 Å². The molecule has 164 valence electrons. The van der Waals surface area contributed by atoms with Crippen molar-refractivity contribution in [1.82, 2.24) is 4.90 Å². The zero-order valence-electron chi connectivity index (χ0n) is 18.1. The summed E-state index contributed by atoms with van der Waals surface area (Å²) in [5, 5.41) is 0. The van der Waals surface area contributed by atoms with E-state index in [0.29, 0.717) is 19.8 Å². The maximum absolute atomic E-state index is 13.2. The molecule has 0 radical (unpaired) electrons. The van der Waals surface area contributed by atoms with Crippen molar-refractivity contribution in [3.05, 3.63) is 54.1 Å². The number of anilines is 1. The lowest BCUT2D eigenvalue weighted by Gasteiger charge is -2.34.